The quantitative estimate of drug-likeness (QED) is 0.179. The molecule has 6 heteroatoms. The van der Waals surface area contributed by atoms with Gasteiger partial charge in [-0.3, -0.25) is 9.69 Å². The van der Waals surface area contributed by atoms with E-state index >= 15 is 0 Å². The molecule has 5 aromatic rings. The summed E-state index contributed by atoms with van der Waals surface area (Å²) in [5, 5.41) is 15.0. The molecule has 2 N–H and O–H groups in total. The minimum atomic E-state index is -0.586. The lowest BCUT2D eigenvalue weighted by molar-refractivity contribution is -0.276. The van der Waals surface area contributed by atoms with E-state index in [1.165, 1.54) is 16.3 Å². The number of hydrogen-bond acceptors (Lipinski definition) is 5. The van der Waals surface area contributed by atoms with Gasteiger partial charge in [0.05, 0.1) is 18.8 Å². The van der Waals surface area contributed by atoms with Crippen molar-refractivity contribution in [2.75, 3.05) is 18.9 Å². The molecule has 0 aliphatic carbocycles. The molecule has 5 aromatic carbocycles. The first-order valence-electron chi connectivity index (χ1n) is 15.6. The van der Waals surface area contributed by atoms with Crippen LogP contribution in [0.4, 0.5) is 5.69 Å². The van der Waals surface area contributed by atoms with Crippen LogP contribution >= 0.6 is 0 Å². The number of nitrogens with zero attached hydrogens (tertiary/aromatic N) is 1. The summed E-state index contributed by atoms with van der Waals surface area (Å²) in [6.07, 6.45) is -0.906. The lowest BCUT2D eigenvalue weighted by Gasteiger charge is -2.43. The summed E-state index contributed by atoms with van der Waals surface area (Å²) in [7, 11) is 2.15. The van der Waals surface area contributed by atoms with Gasteiger partial charge in [-0.1, -0.05) is 97.9 Å². The number of likely N-dealkylation sites (N-methyl/N-ethyl adjacent to an activating group) is 1. The maximum atomic E-state index is 12.7. The first kappa shape index (κ1) is 30.7. The molecule has 0 aromatic heterocycles. The molecule has 5 atom stereocenters. The fraction of sp³-hybridized carbons (Fsp3) is 0.256. The molecule has 6 rings (SSSR count). The zero-order valence-corrected chi connectivity index (χ0v) is 26.0. The molecule has 1 aliphatic heterocycles. The Bertz CT molecular complexity index is 1720. The van der Waals surface area contributed by atoms with Gasteiger partial charge in [-0.2, -0.15) is 0 Å². The van der Waals surface area contributed by atoms with Gasteiger partial charge in [0.25, 0.3) is 5.91 Å². The Morgan fingerprint density at radius 3 is 2.20 bits per heavy atom. The molecule has 0 saturated carbocycles. The highest BCUT2D eigenvalue weighted by Crippen LogP contribution is 2.42. The Hall–Kier alpha value is -4.33. The van der Waals surface area contributed by atoms with Crippen molar-refractivity contribution in [2.24, 2.45) is 5.92 Å². The predicted molar refractivity (Wildman–Crippen MR) is 179 cm³/mol. The lowest BCUT2D eigenvalue weighted by atomic mass is 9.89. The molecular weight excluding hydrogens is 560 g/mol. The van der Waals surface area contributed by atoms with Crippen molar-refractivity contribution in [1.82, 2.24) is 4.90 Å². The zero-order valence-electron chi connectivity index (χ0n) is 26.0. The highest BCUT2D eigenvalue weighted by molar-refractivity contribution is 6.04. The number of fused-ring (bicyclic) bond motifs is 1. The van der Waals surface area contributed by atoms with Crippen molar-refractivity contribution in [3.05, 3.63) is 149 Å². The summed E-state index contributed by atoms with van der Waals surface area (Å²) in [6, 6.07) is 40.1. The van der Waals surface area contributed by atoms with Crippen LogP contribution in [0.5, 0.6) is 0 Å². The molecule has 230 valence electrons. The van der Waals surface area contributed by atoms with Gasteiger partial charge in [-0.25, -0.2) is 0 Å². The topological polar surface area (TPSA) is 71.0 Å². The van der Waals surface area contributed by atoms with E-state index in [-0.39, 0.29) is 36.7 Å². The molecule has 0 unspecified atom stereocenters. The summed E-state index contributed by atoms with van der Waals surface area (Å²) in [6.45, 7) is 5.13. The Labute approximate surface area is 265 Å². The molecular formula is C39H40N2O4. The molecule has 1 saturated heterocycles. The lowest BCUT2D eigenvalue weighted by Crippen LogP contribution is -2.44. The van der Waals surface area contributed by atoms with Crippen molar-refractivity contribution in [3.63, 3.8) is 0 Å². The maximum absolute atomic E-state index is 12.7. The number of anilines is 1. The smallest absolute Gasteiger partial charge is 0.255 e. The summed E-state index contributed by atoms with van der Waals surface area (Å²) in [4.78, 5) is 15.0. The summed E-state index contributed by atoms with van der Waals surface area (Å²) in [5.41, 5.74) is 5.37. The van der Waals surface area contributed by atoms with Gasteiger partial charge >= 0.3 is 0 Å². The normalized spacial score (nSPS) is 20.6. The number of amides is 1. The first-order chi connectivity index (χ1) is 21.9. The number of rotatable bonds is 9. The Morgan fingerprint density at radius 2 is 1.49 bits per heavy atom. The largest absolute Gasteiger partial charge is 0.392 e. The molecule has 0 radical (unpaired) electrons. The third-order valence-corrected chi connectivity index (χ3v) is 8.99. The monoisotopic (exact) mass is 600 g/mol. The minimum Gasteiger partial charge on any atom is -0.392 e. The molecule has 1 fully saturated rings. The van der Waals surface area contributed by atoms with Gasteiger partial charge < -0.3 is 19.9 Å². The molecule has 1 aliphatic rings. The average molecular weight is 601 g/mol. The first-order valence-corrected chi connectivity index (χ1v) is 15.6. The van der Waals surface area contributed by atoms with Crippen LogP contribution in [-0.4, -0.2) is 35.6 Å². The Balaban J connectivity index is 1.22. The number of ether oxygens (including phenoxy) is 2. The van der Waals surface area contributed by atoms with Gasteiger partial charge in [0, 0.05) is 35.3 Å². The van der Waals surface area contributed by atoms with Gasteiger partial charge in [-0.05, 0) is 71.8 Å². The van der Waals surface area contributed by atoms with Crippen molar-refractivity contribution < 1.29 is 19.4 Å². The van der Waals surface area contributed by atoms with E-state index < -0.39 is 6.29 Å². The van der Waals surface area contributed by atoms with Crippen LogP contribution in [0.1, 0.15) is 64.9 Å². The summed E-state index contributed by atoms with van der Waals surface area (Å²) < 4.78 is 13.4. The Kier molecular flexibility index (Phi) is 9.38. The van der Waals surface area contributed by atoms with Crippen molar-refractivity contribution >= 4 is 22.4 Å². The number of aliphatic hydroxyl groups excluding tert-OH is 1. The zero-order chi connectivity index (χ0) is 31.3. The number of carbonyl (C=O) groups excluding carboxylic acids is 1. The Morgan fingerprint density at radius 1 is 0.822 bits per heavy atom. The fourth-order valence-electron chi connectivity index (χ4n) is 6.01. The van der Waals surface area contributed by atoms with Crippen LogP contribution in [0.25, 0.3) is 10.8 Å². The summed E-state index contributed by atoms with van der Waals surface area (Å²) >= 11 is 0. The van der Waals surface area contributed by atoms with Crippen LogP contribution in [0.15, 0.2) is 121 Å². The molecule has 1 heterocycles. The highest BCUT2D eigenvalue weighted by Gasteiger charge is 2.39. The van der Waals surface area contributed by atoms with Gasteiger partial charge in [0.15, 0.2) is 6.29 Å². The van der Waals surface area contributed by atoms with Gasteiger partial charge in [0.2, 0.25) is 0 Å². The number of benzene rings is 5. The van der Waals surface area contributed by atoms with Crippen molar-refractivity contribution in [3.8, 4) is 0 Å². The van der Waals surface area contributed by atoms with E-state index in [0.717, 1.165) is 16.7 Å². The van der Waals surface area contributed by atoms with Crippen LogP contribution in [0, 0.1) is 5.92 Å². The fourth-order valence-corrected chi connectivity index (χ4v) is 6.01. The second kappa shape index (κ2) is 13.8. The third-order valence-electron chi connectivity index (χ3n) is 8.99. The van der Waals surface area contributed by atoms with Crippen LogP contribution in [0.3, 0.4) is 0 Å². The van der Waals surface area contributed by atoms with Crippen molar-refractivity contribution in [1.29, 1.82) is 0 Å². The van der Waals surface area contributed by atoms with Gasteiger partial charge in [0.1, 0.15) is 0 Å². The predicted octanol–water partition coefficient (Wildman–Crippen LogP) is 8.07. The molecule has 0 spiro atoms. The maximum Gasteiger partial charge on any atom is 0.255 e. The number of hydrogen-bond donors (Lipinski definition) is 2. The molecule has 45 heavy (non-hydrogen) atoms. The third kappa shape index (κ3) is 7.00. The van der Waals surface area contributed by atoms with E-state index in [0.29, 0.717) is 17.8 Å². The second-order valence-corrected chi connectivity index (χ2v) is 12.0. The average Bonchev–Trinajstić information content (AvgIpc) is 3.09. The van der Waals surface area contributed by atoms with E-state index in [9.17, 15) is 9.90 Å². The van der Waals surface area contributed by atoms with Crippen LogP contribution in [-0.2, 0) is 16.1 Å². The highest BCUT2D eigenvalue weighted by atomic mass is 16.7. The molecule has 6 nitrogen and oxygen atoms in total. The van der Waals surface area contributed by atoms with E-state index in [2.05, 4.69) is 73.6 Å². The van der Waals surface area contributed by atoms with Crippen LogP contribution in [0.2, 0.25) is 0 Å². The standard InChI is InChI=1S/C39H40N2O4/c1-26-36(24-41(3)27(2)33-18-17-29-9-7-8-12-34(29)23-33)44-39(45-37(26)30-15-13-28(25-42)14-16-30)32-19-21-35(22-20-32)40-38(43)31-10-5-4-6-11-31/h4-23,26-27,36-37,39,42H,24-25H2,1-3H3,(H,40,43)/t26-,27-,36+,37+,39+/m1/s1. The van der Waals surface area contributed by atoms with E-state index in [1.54, 1.807) is 12.1 Å². The number of aliphatic hydroxyl groups is 1. The number of carbonyl (C=O) groups is 1. The summed E-state index contributed by atoms with van der Waals surface area (Å²) in [5.74, 6) is -0.0886. The SMILES string of the molecule is C[C@@H]1[C@H](CN(C)[C@H](C)c2ccc3ccccc3c2)O[C@H](c2ccc(NC(=O)c3ccccc3)cc2)O[C@@H]1c1ccc(CO)cc1. The van der Waals surface area contributed by atoms with Crippen LogP contribution < -0.4 is 5.32 Å². The number of nitrogens with one attached hydrogen (secondary N) is 1. The van der Waals surface area contributed by atoms with E-state index in [4.69, 9.17) is 9.47 Å². The van der Waals surface area contributed by atoms with E-state index in [1.807, 2.05) is 66.7 Å². The molecule has 0 bridgehead atoms. The second-order valence-electron chi connectivity index (χ2n) is 12.0. The van der Waals surface area contributed by atoms with Gasteiger partial charge in [-0.15, -0.1) is 0 Å². The van der Waals surface area contributed by atoms with Crippen molar-refractivity contribution in [2.45, 2.75) is 45.0 Å². The molecule has 1 amide bonds. The minimum absolute atomic E-state index is 0.000331.